The minimum absolute atomic E-state index is 0.0176. The second-order valence-corrected chi connectivity index (χ2v) is 12.2. The molecule has 2 bridgehead atoms. The maximum Gasteiger partial charge on any atom is 0.199 e. The van der Waals surface area contributed by atoms with E-state index >= 15 is 0 Å². The minimum atomic E-state index is -1.000. The van der Waals surface area contributed by atoms with Crippen molar-refractivity contribution in [3.63, 3.8) is 0 Å². The lowest BCUT2D eigenvalue weighted by Crippen LogP contribution is -2.67. The molecule has 4 unspecified atom stereocenters. The van der Waals surface area contributed by atoms with Crippen LogP contribution >= 0.6 is 0 Å². The van der Waals surface area contributed by atoms with Crippen LogP contribution in [0.25, 0.3) is 0 Å². The van der Waals surface area contributed by atoms with Gasteiger partial charge in [0.2, 0.25) is 0 Å². The van der Waals surface area contributed by atoms with Crippen molar-refractivity contribution in [3.8, 4) is 0 Å². The van der Waals surface area contributed by atoms with Crippen LogP contribution in [0.3, 0.4) is 0 Å². The standard InChI is InChI=1S/C28H36O4/c1-16-20-11-14-27(32-28(16)23(30)17(2)24(3,4)31-28)22-8-7-18-15-19(29)9-12-25(18,5)21(22)10-13-26(20,27)6/h7-8,10,13,15-17,20,23,30H,9,11-12,14H2,1-6H3/t16?,17-,20+,23?,25-,26+,27?,28?/m0/s1. The Bertz CT molecular complexity index is 1050. The van der Waals surface area contributed by atoms with E-state index in [1.807, 2.05) is 6.08 Å². The van der Waals surface area contributed by atoms with Crippen LogP contribution in [0.4, 0.5) is 0 Å². The number of hydrogen-bond donors (Lipinski definition) is 1. The molecule has 172 valence electrons. The average molecular weight is 437 g/mol. The first-order valence-corrected chi connectivity index (χ1v) is 12.4. The summed E-state index contributed by atoms with van der Waals surface area (Å²) >= 11 is 0. The van der Waals surface area contributed by atoms with E-state index < -0.39 is 23.1 Å². The molecule has 6 rings (SSSR count). The molecule has 32 heavy (non-hydrogen) atoms. The van der Waals surface area contributed by atoms with Gasteiger partial charge in [0.05, 0.1) is 5.60 Å². The van der Waals surface area contributed by atoms with Crippen LogP contribution < -0.4 is 0 Å². The number of carbonyl (C=O) groups excluding carboxylic acids is 1. The summed E-state index contributed by atoms with van der Waals surface area (Å²) in [6.07, 6.45) is 13.6. The van der Waals surface area contributed by atoms with Crippen molar-refractivity contribution in [1.29, 1.82) is 0 Å². The molecule has 4 heteroatoms. The van der Waals surface area contributed by atoms with Crippen LogP contribution in [-0.4, -0.2) is 34.0 Å². The number of rotatable bonds is 0. The van der Waals surface area contributed by atoms with Gasteiger partial charge in [0, 0.05) is 29.1 Å². The molecule has 1 N–H and O–H groups in total. The first kappa shape index (κ1) is 21.1. The molecule has 4 aliphatic carbocycles. The molecule has 6 aliphatic rings. The SMILES string of the molecule is CC1[C@H]2CCC3(OC14OC(C)(C)[C@@H](C)C4O)C1=C(C=C[C@]23C)[C@@]2(C)CCC(=O)C=C2C=C1. The van der Waals surface area contributed by atoms with Gasteiger partial charge in [-0.15, -0.1) is 0 Å². The van der Waals surface area contributed by atoms with Gasteiger partial charge >= 0.3 is 0 Å². The van der Waals surface area contributed by atoms with Crippen molar-refractivity contribution in [2.24, 2.45) is 28.6 Å². The van der Waals surface area contributed by atoms with Crippen LogP contribution in [0.2, 0.25) is 0 Å². The van der Waals surface area contributed by atoms with E-state index in [2.05, 4.69) is 65.8 Å². The Morgan fingerprint density at radius 1 is 0.969 bits per heavy atom. The first-order valence-electron chi connectivity index (χ1n) is 12.4. The van der Waals surface area contributed by atoms with Gasteiger partial charge in [0.1, 0.15) is 11.7 Å². The van der Waals surface area contributed by atoms with Crippen LogP contribution in [0.15, 0.2) is 47.1 Å². The Hall–Kier alpha value is -1.49. The third-order valence-corrected chi connectivity index (χ3v) is 10.6. The largest absolute Gasteiger partial charge is 0.387 e. The normalized spacial score (nSPS) is 52.7. The van der Waals surface area contributed by atoms with Gasteiger partial charge < -0.3 is 14.6 Å². The molecule has 0 aromatic rings. The number of ether oxygens (including phenoxy) is 2. The topological polar surface area (TPSA) is 55.8 Å². The predicted octanol–water partition coefficient (Wildman–Crippen LogP) is 5.04. The molecular formula is C28H36O4. The molecule has 0 amide bonds. The lowest BCUT2D eigenvalue weighted by atomic mass is 9.53. The highest BCUT2D eigenvalue weighted by Gasteiger charge is 2.75. The number of aliphatic hydroxyl groups is 1. The third kappa shape index (κ3) is 2.14. The van der Waals surface area contributed by atoms with Crippen LogP contribution in [0, 0.1) is 28.6 Å². The second kappa shape index (κ2) is 5.95. The fraction of sp³-hybridized carbons (Fsp3) is 0.679. The number of carbonyl (C=O) groups is 1. The monoisotopic (exact) mass is 436 g/mol. The summed E-state index contributed by atoms with van der Waals surface area (Å²) in [6, 6.07) is 0. The zero-order chi connectivity index (χ0) is 22.9. The molecule has 2 heterocycles. The van der Waals surface area contributed by atoms with Crippen LogP contribution in [-0.2, 0) is 14.3 Å². The molecule has 1 spiro atoms. The van der Waals surface area contributed by atoms with Crippen molar-refractivity contribution in [2.75, 3.05) is 0 Å². The molecular weight excluding hydrogens is 400 g/mol. The quantitative estimate of drug-likeness (QED) is 0.578. The summed E-state index contributed by atoms with van der Waals surface area (Å²) in [5.41, 5.74) is 2.32. The van der Waals surface area contributed by atoms with Crippen molar-refractivity contribution in [2.45, 2.75) is 90.3 Å². The molecule has 3 fully saturated rings. The molecule has 0 radical (unpaired) electrons. The van der Waals surface area contributed by atoms with Crippen molar-refractivity contribution < 1.29 is 19.4 Å². The summed E-state index contributed by atoms with van der Waals surface area (Å²) in [5, 5.41) is 11.5. The van der Waals surface area contributed by atoms with E-state index in [-0.39, 0.29) is 28.4 Å². The molecule has 0 aromatic carbocycles. The second-order valence-electron chi connectivity index (χ2n) is 12.2. The van der Waals surface area contributed by atoms with Gasteiger partial charge in [-0.3, -0.25) is 4.79 Å². The fourth-order valence-electron chi connectivity index (χ4n) is 8.17. The van der Waals surface area contributed by atoms with E-state index in [0.29, 0.717) is 12.3 Å². The molecule has 4 nitrogen and oxygen atoms in total. The summed E-state index contributed by atoms with van der Waals surface area (Å²) in [7, 11) is 0. The van der Waals surface area contributed by atoms with E-state index in [9.17, 15) is 9.90 Å². The fourth-order valence-corrected chi connectivity index (χ4v) is 8.17. The zero-order valence-corrected chi connectivity index (χ0v) is 20.2. The molecule has 0 aromatic heterocycles. The molecule has 1 saturated carbocycles. The predicted molar refractivity (Wildman–Crippen MR) is 123 cm³/mol. The molecule has 2 aliphatic heterocycles. The van der Waals surface area contributed by atoms with E-state index in [1.165, 1.54) is 11.1 Å². The Morgan fingerprint density at radius 3 is 2.41 bits per heavy atom. The Balaban J connectivity index is 1.54. The number of aliphatic hydroxyl groups excluding tert-OH is 1. The number of hydrogen-bond acceptors (Lipinski definition) is 4. The van der Waals surface area contributed by atoms with E-state index in [1.54, 1.807) is 0 Å². The number of allylic oxidation sites excluding steroid dienone is 5. The third-order valence-electron chi connectivity index (χ3n) is 10.6. The highest BCUT2D eigenvalue weighted by atomic mass is 16.7. The van der Waals surface area contributed by atoms with E-state index in [4.69, 9.17) is 9.47 Å². The minimum Gasteiger partial charge on any atom is -0.387 e. The Morgan fingerprint density at radius 2 is 1.72 bits per heavy atom. The smallest absolute Gasteiger partial charge is 0.199 e. The van der Waals surface area contributed by atoms with Crippen LogP contribution in [0.1, 0.15) is 67.2 Å². The van der Waals surface area contributed by atoms with Gasteiger partial charge in [-0.25, -0.2) is 0 Å². The van der Waals surface area contributed by atoms with Gasteiger partial charge in [0.25, 0.3) is 0 Å². The number of ketones is 1. The Labute approximate surface area is 191 Å². The van der Waals surface area contributed by atoms with Gasteiger partial charge in [-0.05, 0) is 61.8 Å². The van der Waals surface area contributed by atoms with Gasteiger partial charge in [0.15, 0.2) is 11.6 Å². The average Bonchev–Trinajstić information content (AvgIpc) is 3.06. The number of fused-ring (bicyclic) bond motifs is 2. The highest BCUT2D eigenvalue weighted by molar-refractivity contribution is 5.93. The van der Waals surface area contributed by atoms with Gasteiger partial charge in [-0.1, -0.05) is 52.0 Å². The zero-order valence-electron chi connectivity index (χ0n) is 20.2. The summed E-state index contributed by atoms with van der Waals surface area (Å²) < 4.78 is 14.0. The lowest BCUT2D eigenvalue weighted by Gasteiger charge is -2.61. The maximum absolute atomic E-state index is 12.1. The summed E-state index contributed by atoms with van der Waals surface area (Å²) in [6.45, 7) is 13.0. The summed E-state index contributed by atoms with van der Waals surface area (Å²) in [4.78, 5) is 12.1. The maximum atomic E-state index is 12.1. The van der Waals surface area contributed by atoms with Crippen molar-refractivity contribution in [3.05, 3.63) is 47.1 Å². The molecule has 8 atom stereocenters. The van der Waals surface area contributed by atoms with Crippen LogP contribution in [0.5, 0.6) is 0 Å². The lowest BCUT2D eigenvalue weighted by molar-refractivity contribution is -0.369. The van der Waals surface area contributed by atoms with E-state index in [0.717, 1.165) is 24.8 Å². The summed E-state index contributed by atoms with van der Waals surface area (Å²) in [5.74, 6) is -0.352. The Kier molecular flexibility index (Phi) is 3.92. The van der Waals surface area contributed by atoms with Crippen molar-refractivity contribution in [1.82, 2.24) is 0 Å². The van der Waals surface area contributed by atoms with Gasteiger partial charge in [-0.2, -0.15) is 0 Å². The van der Waals surface area contributed by atoms with Crippen molar-refractivity contribution >= 4 is 5.78 Å². The molecule has 2 saturated heterocycles. The first-order chi connectivity index (χ1) is 14.9. The highest BCUT2D eigenvalue weighted by Crippen LogP contribution is 2.71.